The largest absolute Gasteiger partial charge is 0.261 e. The van der Waals surface area contributed by atoms with Crippen molar-refractivity contribution in [2.45, 2.75) is 5.66 Å². The molecular formula is C13H8N6. The van der Waals surface area contributed by atoms with Gasteiger partial charge in [0.1, 0.15) is 0 Å². The van der Waals surface area contributed by atoms with Gasteiger partial charge < -0.3 is 0 Å². The Balaban J connectivity index is 2.20. The van der Waals surface area contributed by atoms with Crippen LogP contribution in [0.15, 0.2) is 69.3 Å². The Morgan fingerprint density at radius 1 is 1.00 bits per heavy atom. The van der Waals surface area contributed by atoms with Crippen LogP contribution >= 0.6 is 0 Å². The van der Waals surface area contributed by atoms with E-state index in [4.69, 9.17) is 5.26 Å². The zero-order valence-corrected chi connectivity index (χ0v) is 9.80. The summed E-state index contributed by atoms with van der Waals surface area (Å²) in [7, 11) is 0. The molecule has 1 aromatic carbocycles. The summed E-state index contributed by atoms with van der Waals surface area (Å²) < 4.78 is 0. The van der Waals surface area contributed by atoms with E-state index in [2.05, 4.69) is 31.7 Å². The van der Waals surface area contributed by atoms with Gasteiger partial charge in [0.25, 0.3) is 5.66 Å². The third kappa shape index (κ3) is 1.77. The quantitative estimate of drug-likeness (QED) is 0.817. The third-order valence-corrected chi connectivity index (χ3v) is 2.84. The average Bonchev–Trinajstić information content (AvgIpc) is 2.99. The molecule has 19 heavy (non-hydrogen) atoms. The smallest absolute Gasteiger partial charge is 0.256 e. The lowest BCUT2D eigenvalue weighted by atomic mass is 9.95. The first-order valence-electron chi connectivity index (χ1n) is 5.61. The minimum atomic E-state index is -1.08. The number of aromatic nitrogens is 1. The highest BCUT2D eigenvalue weighted by Gasteiger charge is 2.39. The summed E-state index contributed by atoms with van der Waals surface area (Å²) in [5, 5.41) is 24.4. The highest BCUT2D eigenvalue weighted by Crippen LogP contribution is 2.38. The van der Waals surface area contributed by atoms with E-state index in [1.807, 2.05) is 24.3 Å². The van der Waals surface area contributed by atoms with Gasteiger partial charge in [-0.05, 0) is 34.7 Å². The van der Waals surface area contributed by atoms with Crippen molar-refractivity contribution < 1.29 is 0 Å². The van der Waals surface area contributed by atoms with Gasteiger partial charge in [0.15, 0.2) is 0 Å². The fourth-order valence-corrected chi connectivity index (χ4v) is 1.93. The first kappa shape index (κ1) is 11.2. The molecule has 0 spiro atoms. The lowest BCUT2D eigenvalue weighted by Gasteiger charge is -2.19. The van der Waals surface area contributed by atoms with Crippen molar-refractivity contribution >= 4 is 0 Å². The summed E-state index contributed by atoms with van der Waals surface area (Å²) in [5.74, 6) is 0. The van der Waals surface area contributed by atoms with Crippen LogP contribution in [-0.2, 0) is 5.66 Å². The normalized spacial score (nSPS) is 15.3. The molecule has 2 heterocycles. The van der Waals surface area contributed by atoms with Crippen LogP contribution in [0.2, 0.25) is 0 Å². The van der Waals surface area contributed by atoms with Gasteiger partial charge in [0, 0.05) is 11.8 Å². The summed E-state index contributed by atoms with van der Waals surface area (Å²) >= 11 is 0. The predicted octanol–water partition coefficient (Wildman–Crippen LogP) is 2.99. The Labute approximate surface area is 109 Å². The van der Waals surface area contributed by atoms with E-state index in [0.717, 1.165) is 5.56 Å². The number of rotatable bonds is 2. The van der Waals surface area contributed by atoms with Crippen LogP contribution in [0.5, 0.6) is 0 Å². The molecule has 0 aliphatic carbocycles. The molecule has 2 aromatic rings. The highest BCUT2D eigenvalue weighted by atomic mass is 15.6. The summed E-state index contributed by atoms with van der Waals surface area (Å²) in [6, 6.07) is 14.6. The van der Waals surface area contributed by atoms with Crippen LogP contribution < -0.4 is 0 Å². The van der Waals surface area contributed by atoms with Gasteiger partial charge in [-0.25, -0.2) is 0 Å². The SMILES string of the molecule is N#Cc1cccc(C2(c3ccccn3)N=NN=N2)c1. The Bertz CT molecular complexity index is 687. The molecule has 1 aliphatic rings. The number of pyridine rings is 1. The molecule has 0 saturated carbocycles. The Hall–Kier alpha value is -2.94. The van der Waals surface area contributed by atoms with E-state index >= 15 is 0 Å². The van der Waals surface area contributed by atoms with Crippen molar-refractivity contribution in [2.24, 2.45) is 20.7 Å². The van der Waals surface area contributed by atoms with Gasteiger partial charge in [0.05, 0.1) is 17.3 Å². The van der Waals surface area contributed by atoms with Crippen LogP contribution in [0, 0.1) is 11.3 Å². The predicted molar refractivity (Wildman–Crippen MR) is 65.9 cm³/mol. The fourth-order valence-electron chi connectivity index (χ4n) is 1.93. The molecule has 6 heteroatoms. The maximum absolute atomic E-state index is 8.99. The zero-order valence-electron chi connectivity index (χ0n) is 9.80. The first-order valence-corrected chi connectivity index (χ1v) is 5.61. The first-order chi connectivity index (χ1) is 9.35. The zero-order chi connectivity index (χ0) is 13.1. The van der Waals surface area contributed by atoms with Crippen molar-refractivity contribution in [3.63, 3.8) is 0 Å². The molecule has 0 radical (unpaired) electrons. The van der Waals surface area contributed by atoms with Gasteiger partial charge in [-0.3, -0.25) is 4.98 Å². The molecule has 90 valence electrons. The standard InChI is InChI=1S/C13H8N6/c14-9-10-4-3-5-11(8-10)13(16-18-19-17-13)12-6-1-2-7-15-12/h1-8H. The second kappa shape index (κ2) is 4.38. The molecule has 0 atom stereocenters. The van der Waals surface area contributed by atoms with E-state index in [-0.39, 0.29) is 0 Å². The molecule has 0 bridgehead atoms. The van der Waals surface area contributed by atoms with Crippen molar-refractivity contribution in [3.8, 4) is 6.07 Å². The molecule has 0 N–H and O–H groups in total. The van der Waals surface area contributed by atoms with Crippen molar-refractivity contribution in [1.82, 2.24) is 4.98 Å². The van der Waals surface area contributed by atoms with Crippen LogP contribution in [0.3, 0.4) is 0 Å². The molecular weight excluding hydrogens is 240 g/mol. The van der Waals surface area contributed by atoms with Gasteiger partial charge >= 0.3 is 0 Å². The number of nitriles is 1. The average molecular weight is 248 g/mol. The Morgan fingerprint density at radius 2 is 1.84 bits per heavy atom. The minimum absolute atomic E-state index is 0.533. The van der Waals surface area contributed by atoms with Crippen LogP contribution in [-0.4, -0.2) is 4.98 Å². The topological polar surface area (TPSA) is 86.1 Å². The molecule has 0 unspecified atom stereocenters. The molecule has 3 rings (SSSR count). The van der Waals surface area contributed by atoms with Crippen molar-refractivity contribution in [1.29, 1.82) is 5.26 Å². The molecule has 0 amide bonds. The van der Waals surface area contributed by atoms with Gasteiger partial charge in [-0.2, -0.15) is 5.26 Å². The Morgan fingerprint density at radius 3 is 2.53 bits per heavy atom. The molecule has 6 nitrogen and oxygen atoms in total. The molecule has 0 fully saturated rings. The molecule has 1 aliphatic heterocycles. The van der Waals surface area contributed by atoms with Crippen molar-refractivity contribution in [3.05, 3.63) is 65.5 Å². The number of nitrogens with zero attached hydrogens (tertiary/aromatic N) is 6. The second-order valence-electron chi connectivity index (χ2n) is 3.96. The third-order valence-electron chi connectivity index (χ3n) is 2.84. The molecule has 1 aromatic heterocycles. The maximum Gasteiger partial charge on any atom is 0.261 e. The van der Waals surface area contributed by atoms with Crippen molar-refractivity contribution in [2.75, 3.05) is 0 Å². The summed E-state index contributed by atoms with van der Waals surface area (Å²) in [4.78, 5) is 4.27. The van der Waals surface area contributed by atoms with Gasteiger partial charge in [-0.1, -0.05) is 18.2 Å². The lowest BCUT2D eigenvalue weighted by molar-refractivity contribution is 0.546. The van der Waals surface area contributed by atoms with E-state index in [9.17, 15) is 0 Å². The van der Waals surface area contributed by atoms with Crippen LogP contribution in [0.25, 0.3) is 0 Å². The van der Waals surface area contributed by atoms with E-state index in [1.165, 1.54) is 0 Å². The van der Waals surface area contributed by atoms with Crippen LogP contribution in [0.1, 0.15) is 16.8 Å². The number of hydrogen-bond acceptors (Lipinski definition) is 6. The van der Waals surface area contributed by atoms with Gasteiger partial charge in [-0.15, -0.1) is 10.2 Å². The number of benzene rings is 1. The second-order valence-corrected chi connectivity index (χ2v) is 3.96. The fraction of sp³-hybridized carbons (Fsp3) is 0.0769. The maximum atomic E-state index is 8.99. The summed E-state index contributed by atoms with van der Waals surface area (Å²) in [6.45, 7) is 0. The summed E-state index contributed by atoms with van der Waals surface area (Å²) in [5.41, 5.74) is 0.796. The van der Waals surface area contributed by atoms with Crippen LogP contribution in [0.4, 0.5) is 0 Å². The van der Waals surface area contributed by atoms with E-state index in [1.54, 1.807) is 24.4 Å². The monoisotopic (exact) mass is 248 g/mol. The Kier molecular flexibility index (Phi) is 2.58. The molecule has 0 saturated heterocycles. The van der Waals surface area contributed by atoms with Gasteiger partial charge in [0.2, 0.25) is 0 Å². The minimum Gasteiger partial charge on any atom is -0.256 e. The lowest BCUT2D eigenvalue weighted by Crippen LogP contribution is -2.22. The highest BCUT2D eigenvalue weighted by molar-refractivity contribution is 5.40. The van der Waals surface area contributed by atoms with E-state index in [0.29, 0.717) is 11.3 Å². The van der Waals surface area contributed by atoms with E-state index < -0.39 is 5.66 Å². The number of hydrogen-bond donors (Lipinski definition) is 0. The summed E-state index contributed by atoms with van der Waals surface area (Å²) in [6.07, 6.45) is 1.66.